The molecular formula is C58H37N3O2S. The fourth-order valence-electron chi connectivity index (χ4n) is 9.94. The molecule has 302 valence electrons. The third kappa shape index (κ3) is 5.84. The summed E-state index contributed by atoms with van der Waals surface area (Å²) in [4.78, 5) is 16.4. The van der Waals surface area contributed by atoms with Crippen molar-refractivity contribution in [2.24, 2.45) is 0 Å². The molecule has 0 unspecified atom stereocenters. The van der Waals surface area contributed by atoms with Gasteiger partial charge in [-0.05, 0) is 103 Å². The van der Waals surface area contributed by atoms with E-state index in [2.05, 4.69) is 133 Å². The van der Waals surface area contributed by atoms with Gasteiger partial charge in [-0.1, -0.05) is 188 Å². The Morgan fingerprint density at radius 3 is 1.22 bits per heavy atom. The van der Waals surface area contributed by atoms with Crippen molar-refractivity contribution < 1.29 is 8.42 Å². The summed E-state index contributed by atoms with van der Waals surface area (Å²) in [7, 11) is -3.88. The molecule has 12 rings (SSSR count). The van der Waals surface area contributed by atoms with Crippen molar-refractivity contribution in [3.63, 3.8) is 0 Å². The molecule has 64 heavy (non-hydrogen) atoms. The number of nitrogens with zero attached hydrogens (tertiary/aromatic N) is 3. The first kappa shape index (κ1) is 37.7. The molecule has 0 N–H and O–H groups in total. The van der Waals surface area contributed by atoms with Crippen LogP contribution in [0.4, 0.5) is 0 Å². The standard InChI is InChI=1S/C58H37N3O2S/c62-64(63)53-30-16-14-28-50(53)58(51-29-15-17-31-54(51)64)49-27-13-12-26-47(49)45-24-10-11-25-46(45)48-33-32-41(37-52(48)58)56-59-55(40-22-8-3-9-23-40)60-57(61-56)44-35-42(38-18-4-1-5-19-38)34-43(36-44)39-20-6-2-7-21-39/h1-37H. The molecule has 0 saturated carbocycles. The van der Waals surface area contributed by atoms with E-state index in [0.29, 0.717) is 38.4 Å². The lowest BCUT2D eigenvalue weighted by Gasteiger charge is -2.42. The van der Waals surface area contributed by atoms with Gasteiger partial charge in [0.25, 0.3) is 0 Å². The van der Waals surface area contributed by atoms with Gasteiger partial charge in [-0.2, -0.15) is 0 Å². The third-order valence-corrected chi connectivity index (χ3v) is 14.6. The minimum Gasteiger partial charge on any atom is -0.218 e. The Kier molecular flexibility index (Phi) is 8.71. The number of rotatable bonds is 5. The van der Waals surface area contributed by atoms with Gasteiger partial charge in [0, 0.05) is 16.7 Å². The van der Waals surface area contributed by atoms with Gasteiger partial charge >= 0.3 is 0 Å². The molecule has 1 aliphatic carbocycles. The van der Waals surface area contributed by atoms with Crippen molar-refractivity contribution in [2.75, 3.05) is 0 Å². The van der Waals surface area contributed by atoms with Crippen LogP contribution < -0.4 is 0 Å². The number of hydrogen-bond donors (Lipinski definition) is 0. The number of sulfone groups is 1. The van der Waals surface area contributed by atoms with Crippen LogP contribution in [0, 0.1) is 0 Å². The van der Waals surface area contributed by atoms with Crippen LogP contribution in [-0.2, 0) is 15.3 Å². The summed E-state index contributed by atoms with van der Waals surface area (Å²) >= 11 is 0. The third-order valence-electron chi connectivity index (χ3n) is 12.8. The fourth-order valence-corrected chi connectivity index (χ4v) is 11.7. The quantitative estimate of drug-likeness (QED) is 0.173. The molecule has 0 atom stereocenters. The van der Waals surface area contributed by atoms with Gasteiger partial charge in [-0.25, -0.2) is 23.4 Å². The summed E-state index contributed by atoms with van der Waals surface area (Å²) in [5.74, 6) is 1.59. The van der Waals surface area contributed by atoms with E-state index in [0.717, 1.165) is 72.3 Å². The smallest absolute Gasteiger partial charge is 0.207 e. The van der Waals surface area contributed by atoms with E-state index in [1.54, 1.807) is 12.1 Å². The van der Waals surface area contributed by atoms with Gasteiger partial charge in [0.2, 0.25) is 9.84 Å². The summed E-state index contributed by atoms with van der Waals surface area (Å²) in [5, 5.41) is 0. The van der Waals surface area contributed by atoms with Crippen LogP contribution in [-0.4, -0.2) is 23.4 Å². The number of hydrogen-bond acceptors (Lipinski definition) is 5. The first-order valence-electron chi connectivity index (χ1n) is 21.3. The van der Waals surface area contributed by atoms with E-state index in [1.165, 1.54) is 0 Å². The minimum atomic E-state index is -3.88. The molecule has 0 fully saturated rings. The van der Waals surface area contributed by atoms with Crippen LogP contribution in [0.25, 0.3) is 78.7 Å². The number of fused-ring (bicyclic) bond motifs is 11. The zero-order chi connectivity index (χ0) is 42.8. The molecule has 9 aromatic carbocycles. The largest absolute Gasteiger partial charge is 0.218 e. The Labute approximate surface area is 372 Å². The zero-order valence-electron chi connectivity index (χ0n) is 34.4. The van der Waals surface area contributed by atoms with E-state index in [-0.39, 0.29) is 0 Å². The minimum absolute atomic E-state index is 0.298. The van der Waals surface area contributed by atoms with Gasteiger partial charge in [0.1, 0.15) is 0 Å². The normalized spacial score (nSPS) is 13.7. The second-order valence-corrected chi connectivity index (χ2v) is 18.2. The van der Waals surface area contributed by atoms with Crippen molar-refractivity contribution >= 4 is 9.84 Å². The Bertz CT molecular complexity index is 3460. The van der Waals surface area contributed by atoms with Crippen molar-refractivity contribution in [3.8, 4) is 78.7 Å². The summed E-state index contributed by atoms with van der Waals surface area (Å²) in [6.07, 6.45) is 0. The highest BCUT2D eigenvalue weighted by Crippen LogP contribution is 2.59. The van der Waals surface area contributed by atoms with Crippen molar-refractivity contribution in [1.82, 2.24) is 15.0 Å². The Morgan fingerprint density at radius 1 is 0.281 bits per heavy atom. The Balaban J connectivity index is 1.17. The highest BCUT2D eigenvalue weighted by molar-refractivity contribution is 7.91. The highest BCUT2D eigenvalue weighted by atomic mass is 32.2. The van der Waals surface area contributed by atoms with E-state index in [4.69, 9.17) is 15.0 Å². The predicted octanol–water partition coefficient (Wildman–Crippen LogP) is 13.4. The first-order valence-corrected chi connectivity index (χ1v) is 22.8. The van der Waals surface area contributed by atoms with Gasteiger partial charge in [-0.15, -0.1) is 0 Å². The topological polar surface area (TPSA) is 72.8 Å². The van der Waals surface area contributed by atoms with Crippen LogP contribution in [0.15, 0.2) is 234 Å². The van der Waals surface area contributed by atoms with E-state index in [1.807, 2.05) is 78.9 Å². The Morgan fingerprint density at radius 2 is 0.672 bits per heavy atom. The second-order valence-electron chi connectivity index (χ2n) is 16.3. The molecule has 10 aromatic rings. The predicted molar refractivity (Wildman–Crippen MR) is 255 cm³/mol. The molecule has 2 aliphatic rings. The van der Waals surface area contributed by atoms with Crippen molar-refractivity contribution in [2.45, 2.75) is 15.2 Å². The van der Waals surface area contributed by atoms with Gasteiger partial charge in [0.05, 0.1) is 15.2 Å². The average molecular weight is 840 g/mol. The monoisotopic (exact) mass is 839 g/mol. The zero-order valence-corrected chi connectivity index (χ0v) is 35.2. The molecule has 5 nitrogen and oxygen atoms in total. The van der Waals surface area contributed by atoms with Crippen LogP contribution >= 0.6 is 0 Å². The lowest BCUT2D eigenvalue weighted by molar-refractivity contribution is 0.579. The van der Waals surface area contributed by atoms with E-state index >= 15 is 0 Å². The van der Waals surface area contributed by atoms with Crippen LogP contribution in [0.5, 0.6) is 0 Å². The molecule has 0 amide bonds. The van der Waals surface area contributed by atoms with Crippen molar-refractivity contribution in [3.05, 3.63) is 247 Å². The molecule has 6 heteroatoms. The maximum atomic E-state index is 14.7. The molecule has 2 heterocycles. The summed E-state index contributed by atoms with van der Waals surface area (Å²) < 4.78 is 29.4. The molecule has 1 spiro atoms. The van der Waals surface area contributed by atoms with E-state index in [9.17, 15) is 8.42 Å². The molecule has 0 saturated heterocycles. The van der Waals surface area contributed by atoms with Gasteiger partial charge in [-0.3, -0.25) is 0 Å². The fraction of sp³-hybridized carbons (Fsp3) is 0.0172. The molecule has 1 aromatic heterocycles. The maximum Gasteiger partial charge on any atom is 0.207 e. The average Bonchev–Trinajstić information content (AvgIpc) is 3.47. The van der Waals surface area contributed by atoms with Crippen LogP contribution in [0.2, 0.25) is 0 Å². The second kappa shape index (κ2) is 14.8. The van der Waals surface area contributed by atoms with Gasteiger partial charge < -0.3 is 0 Å². The summed E-state index contributed by atoms with van der Waals surface area (Å²) in [6.45, 7) is 0. The number of aromatic nitrogens is 3. The SMILES string of the molecule is O=S1(=O)c2ccccc2C2(c3ccccc3-c3ccccc3-c3ccc(-c4nc(-c5ccccc5)nc(-c5cc(-c6ccccc6)cc(-c6ccccc6)c5)n4)cc32)c2ccccc21. The first-order chi connectivity index (χ1) is 31.5. The molecule has 0 radical (unpaired) electrons. The molecule has 1 aliphatic heterocycles. The lowest BCUT2D eigenvalue weighted by Crippen LogP contribution is -2.38. The van der Waals surface area contributed by atoms with Crippen molar-refractivity contribution in [1.29, 1.82) is 0 Å². The molecule has 0 bridgehead atoms. The molecular weight excluding hydrogens is 803 g/mol. The summed E-state index contributed by atoms with van der Waals surface area (Å²) in [6, 6.07) is 75.7. The van der Waals surface area contributed by atoms with Crippen LogP contribution in [0.1, 0.15) is 22.3 Å². The van der Waals surface area contributed by atoms with Crippen LogP contribution in [0.3, 0.4) is 0 Å². The number of benzene rings is 9. The highest BCUT2D eigenvalue weighted by Gasteiger charge is 2.51. The van der Waals surface area contributed by atoms with E-state index < -0.39 is 15.3 Å². The summed E-state index contributed by atoms with van der Waals surface area (Å²) in [5.41, 5.74) is 13.3. The van der Waals surface area contributed by atoms with Gasteiger partial charge in [0.15, 0.2) is 17.5 Å². The lowest BCUT2D eigenvalue weighted by atomic mass is 9.63. The maximum absolute atomic E-state index is 14.7. The Hall–Kier alpha value is -8.06.